The third-order valence-corrected chi connectivity index (χ3v) is 10.4. The molecule has 1 N–H and O–H groups in total. The lowest BCUT2D eigenvalue weighted by molar-refractivity contribution is -0.113. The molecule has 8 heteroatoms. The van der Waals surface area contributed by atoms with Crippen LogP contribution in [0, 0.1) is 6.92 Å². The smallest absolute Gasteiger partial charge is 0.271 e. The Bertz CT molecular complexity index is 2670. The lowest BCUT2D eigenvalue weighted by Gasteiger charge is -2.25. The van der Waals surface area contributed by atoms with E-state index in [9.17, 15) is 9.59 Å². The van der Waals surface area contributed by atoms with Crippen molar-refractivity contribution in [1.29, 1.82) is 0 Å². The zero-order valence-electron chi connectivity index (χ0n) is 29.5. The van der Waals surface area contributed by atoms with Gasteiger partial charge in [-0.2, -0.15) is 0 Å². The van der Waals surface area contributed by atoms with Gasteiger partial charge in [0.25, 0.3) is 11.5 Å². The number of para-hydroxylation sites is 1. The molecule has 0 bridgehead atoms. The minimum atomic E-state index is -0.738. The van der Waals surface area contributed by atoms with Crippen LogP contribution in [0.5, 0.6) is 5.75 Å². The van der Waals surface area contributed by atoms with Gasteiger partial charge in [0.1, 0.15) is 5.75 Å². The van der Waals surface area contributed by atoms with Crippen LogP contribution in [0.3, 0.4) is 0 Å². The van der Waals surface area contributed by atoms with E-state index in [0.29, 0.717) is 32.0 Å². The highest BCUT2D eigenvalue weighted by Gasteiger charge is 2.33. The van der Waals surface area contributed by atoms with E-state index in [2.05, 4.69) is 71.4 Å². The molecule has 0 saturated heterocycles. The van der Waals surface area contributed by atoms with E-state index in [1.165, 1.54) is 16.9 Å². The van der Waals surface area contributed by atoms with Crippen molar-refractivity contribution in [3.8, 4) is 34.0 Å². The highest BCUT2D eigenvalue weighted by Crippen LogP contribution is 2.37. The molecule has 7 aromatic rings. The van der Waals surface area contributed by atoms with Gasteiger partial charge in [0.2, 0.25) is 0 Å². The minimum absolute atomic E-state index is 0.234. The van der Waals surface area contributed by atoms with Crippen molar-refractivity contribution < 1.29 is 9.53 Å². The number of thiazole rings is 1. The van der Waals surface area contributed by atoms with Gasteiger partial charge >= 0.3 is 0 Å². The van der Waals surface area contributed by atoms with Gasteiger partial charge in [-0.3, -0.25) is 14.2 Å². The summed E-state index contributed by atoms with van der Waals surface area (Å²) < 4.78 is 10.0. The predicted octanol–water partition coefficient (Wildman–Crippen LogP) is 8.32. The molecule has 3 heterocycles. The highest BCUT2D eigenvalue weighted by molar-refractivity contribution is 7.07. The van der Waals surface area contributed by atoms with Gasteiger partial charge in [-0.15, -0.1) is 0 Å². The fraction of sp³-hybridized carbons (Fsp3) is 0.0889. The topological polar surface area (TPSA) is 77.6 Å². The van der Waals surface area contributed by atoms with Crippen LogP contribution in [-0.2, 0) is 4.79 Å². The third-order valence-electron chi connectivity index (χ3n) is 9.43. The van der Waals surface area contributed by atoms with Crippen molar-refractivity contribution >= 4 is 29.0 Å². The first-order chi connectivity index (χ1) is 25.9. The fourth-order valence-corrected chi connectivity index (χ4v) is 7.95. The first kappa shape index (κ1) is 33.6. The number of methoxy groups -OCH3 is 1. The monoisotopic (exact) mass is 712 g/mol. The Morgan fingerprint density at radius 2 is 1.45 bits per heavy atom. The molecular formula is C45H36N4O3S. The van der Waals surface area contributed by atoms with Crippen LogP contribution in [0.4, 0.5) is 5.69 Å². The number of nitrogens with zero attached hydrogens (tertiary/aromatic N) is 3. The zero-order valence-corrected chi connectivity index (χ0v) is 30.3. The van der Waals surface area contributed by atoms with E-state index in [4.69, 9.17) is 9.73 Å². The van der Waals surface area contributed by atoms with Crippen LogP contribution in [0.2, 0.25) is 0 Å². The fourth-order valence-electron chi connectivity index (χ4n) is 6.91. The summed E-state index contributed by atoms with van der Waals surface area (Å²) in [5.41, 5.74) is 9.18. The van der Waals surface area contributed by atoms with Crippen LogP contribution in [0.15, 0.2) is 167 Å². The Kier molecular flexibility index (Phi) is 9.04. The molecule has 2 aromatic heterocycles. The van der Waals surface area contributed by atoms with Gasteiger partial charge in [-0.25, -0.2) is 4.99 Å². The number of fused-ring (bicyclic) bond motifs is 1. The van der Waals surface area contributed by atoms with Crippen molar-refractivity contribution in [3.63, 3.8) is 0 Å². The summed E-state index contributed by atoms with van der Waals surface area (Å²) >= 11 is 1.32. The second kappa shape index (κ2) is 14.3. The normalized spacial score (nSPS) is 14.1. The number of hydrogen-bond acceptors (Lipinski definition) is 5. The molecule has 5 aromatic carbocycles. The molecule has 1 aliphatic heterocycles. The number of amides is 1. The summed E-state index contributed by atoms with van der Waals surface area (Å²) in [4.78, 5) is 34.3. The Hall–Kier alpha value is -6.51. The molecule has 53 heavy (non-hydrogen) atoms. The Morgan fingerprint density at radius 3 is 2.13 bits per heavy atom. The number of anilines is 1. The first-order valence-electron chi connectivity index (χ1n) is 17.4. The molecule has 0 fully saturated rings. The summed E-state index contributed by atoms with van der Waals surface area (Å²) in [5, 5.41) is 3.03. The quantitative estimate of drug-likeness (QED) is 0.172. The van der Waals surface area contributed by atoms with E-state index in [1.807, 2.05) is 104 Å². The van der Waals surface area contributed by atoms with Crippen molar-refractivity contribution in [1.82, 2.24) is 9.13 Å². The Morgan fingerprint density at radius 1 is 0.792 bits per heavy atom. The molecular weight excluding hydrogens is 677 g/mol. The number of aryl methyl sites for hydroxylation is 1. The van der Waals surface area contributed by atoms with Crippen LogP contribution in [0.25, 0.3) is 34.3 Å². The predicted molar refractivity (Wildman–Crippen MR) is 213 cm³/mol. The van der Waals surface area contributed by atoms with Crippen LogP contribution < -0.4 is 24.9 Å². The summed E-state index contributed by atoms with van der Waals surface area (Å²) in [6.07, 6.45) is 1.97. The lowest BCUT2D eigenvalue weighted by atomic mass is 9.95. The van der Waals surface area contributed by atoms with E-state index >= 15 is 0 Å². The standard InChI is InChI=1S/C45H36N4O3S/c1-29-22-24-36(25-23-29)48-38(31-14-7-4-8-15-31)27-34(41(48)32-16-9-5-10-17-32)28-39-44(51)49-42(33-18-13-21-37(26-33)52-3)40(30(2)46-45(49)53-39)43(50)47-35-19-11-6-12-20-35/h4-28,42H,1-3H3,(H,47,50)/b39-28-/t42-/m1/s1. The van der Waals surface area contributed by atoms with E-state index in [-0.39, 0.29) is 11.5 Å². The molecule has 7 nitrogen and oxygen atoms in total. The molecule has 1 amide bonds. The lowest BCUT2D eigenvalue weighted by Crippen LogP contribution is -2.40. The van der Waals surface area contributed by atoms with Crippen molar-refractivity contribution in [3.05, 3.63) is 193 Å². The number of carbonyl (C=O) groups excluding carboxylic acids is 1. The Balaban J connectivity index is 1.36. The number of hydrogen-bond donors (Lipinski definition) is 1. The second-order valence-corrected chi connectivity index (χ2v) is 13.9. The van der Waals surface area contributed by atoms with Crippen molar-refractivity contribution in [2.75, 3.05) is 12.4 Å². The van der Waals surface area contributed by atoms with Gasteiger partial charge in [-0.1, -0.05) is 120 Å². The number of rotatable bonds is 8. The minimum Gasteiger partial charge on any atom is -0.497 e. The summed E-state index contributed by atoms with van der Waals surface area (Å²) in [6.45, 7) is 3.91. The Labute approximate surface area is 311 Å². The van der Waals surface area contributed by atoms with Gasteiger partial charge in [0.15, 0.2) is 4.80 Å². The summed E-state index contributed by atoms with van der Waals surface area (Å²) in [5.74, 6) is 0.300. The maximum absolute atomic E-state index is 14.8. The molecule has 1 aliphatic rings. The van der Waals surface area contributed by atoms with Crippen LogP contribution >= 0.6 is 11.3 Å². The van der Waals surface area contributed by atoms with Crippen molar-refractivity contribution in [2.45, 2.75) is 19.9 Å². The molecule has 0 radical (unpaired) electrons. The number of aromatic nitrogens is 2. The maximum Gasteiger partial charge on any atom is 0.271 e. The zero-order chi connectivity index (χ0) is 36.5. The van der Waals surface area contributed by atoms with Gasteiger partial charge in [0, 0.05) is 16.9 Å². The van der Waals surface area contributed by atoms with Crippen LogP contribution in [0.1, 0.15) is 29.7 Å². The van der Waals surface area contributed by atoms with Gasteiger partial charge in [0.05, 0.1) is 40.3 Å². The maximum atomic E-state index is 14.8. The molecule has 8 rings (SSSR count). The van der Waals surface area contributed by atoms with Gasteiger partial charge in [-0.05, 0) is 79.1 Å². The third kappa shape index (κ3) is 6.45. The summed E-state index contributed by atoms with van der Waals surface area (Å²) in [7, 11) is 1.60. The van der Waals surface area contributed by atoms with Crippen molar-refractivity contribution in [2.24, 2.45) is 4.99 Å². The average Bonchev–Trinajstić information content (AvgIpc) is 3.72. The average molecular weight is 713 g/mol. The molecule has 260 valence electrons. The summed E-state index contributed by atoms with van der Waals surface area (Å²) in [6, 6.07) is 47.2. The number of ether oxygens (including phenoxy) is 1. The number of allylic oxidation sites excluding steroid dienone is 1. The molecule has 0 aliphatic carbocycles. The van der Waals surface area contributed by atoms with E-state index in [0.717, 1.165) is 39.3 Å². The first-order valence-corrected chi connectivity index (χ1v) is 18.2. The largest absolute Gasteiger partial charge is 0.497 e. The molecule has 0 spiro atoms. The highest BCUT2D eigenvalue weighted by atomic mass is 32.1. The number of carbonyl (C=O) groups is 1. The number of benzene rings is 5. The van der Waals surface area contributed by atoms with E-state index in [1.54, 1.807) is 11.7 Å². The second-order valence-electron chi connectivity index (χ2n) is 12.9. The van der Waals surface area contributed by atoms with Crippen LogP contribution in [-0.4, -0.2) is 22.2 Å². The molecule has 1 atom stereocenters. The SMILES string of the molecule is COc1cccc([C@@H]2C(C(=O)Nc3ccccc3)=C(C)N=c3s/c(=C\c4cc(-c5ccccc5)n(-c5ccc(C)cc5)c4-c4ccccc4)c(=O)n32)c1. The molecule has 0 saturated carbocycles. The van der Waals surface area contributed by atoms with Gasteiger partial charge < -0.3 is 14.6 Å². The van der Waals surface area contributed by atoms with E-state index < -0.39 is 6.04 Å². The molecule has 0 unspecified atom stereocenters. The number of nitrogens with one attached hydrogen (secondary N) is 1.